The van der Waals surface area contributed by atoms with Crippen molar-refractivity contribution in [2.75, 3.05) is 10.2 Å². The number of aryl methyl sites for hydroxylation is 1. The lowest BCUT2D eigenvalue weighted by Crippen LogP contribution is -2.29. The third-order valence-corrected chi connectivity index (χ3v) is 4.93. The average Bonchev–Trinajstić information content (AvgIpc) is 3.26. The van der Waals surface area contributed by atoms with E-state index in [0.29, 0.717) is 5.11 Å². The number of carbonyl (C=O) groups excluding carboxylic acids is 1. The van der Waals surface area contributed by atoms with Crippen LogP contribution in [0.1, 0.15) is 36.2 Å². The molecule has 0 aliphatic carbocycles. The molecular weight excluding hydrogens is 372 g/mol. The Morgan fingerprint density at radius 1 is 1.18 bits per heavy atom. The maximum absolute atomic E-state index is 11.3. The van der Waals surface area contributed by atoms with Crippen molar-refractivity contribution in [1.29, 1.82) is 0 Å². The molecule has 2 N–H and O–H groups in total. The fraction of sp³-hybridized carbons (Fsp3) is 0.190. The molecule has 0 radical (unpaired) electrons. The summed E-state index contributed by atoms with van der Waals surface area (Å²) in [5, 5.41) is 6.77. The summed E-state index contributed by atoms with van der Waals surface area (Å²) in [5.74, 6) is 1.55. The first kappa shape index (κ1) is 18.2. The molecule has 1 aliphatic rings. The highest BCUT2D eigenvalue weighted by molar-refractivity contribution is 7.80. The Labute approximate surface area is 168 Å². The topological polar surface area (TPSA) is 70.4 Å². The summed E-state index contributed by atoms with van der Waals surface area (Å²) in [5.41, 5.74) is 2.53. The van der Waals surface area contributed by atoms with Crippen molar-refractivity contribution in [3.63, 3.8) is 0 Å². The number of amides is 1. The van der Waals surface area contributed by atoms with Crippen LogP contribution in [0.15, 0.2) is 65.2 Å². The van der Waals surface area contributed by atoms with E-state index in [2.05, 4.69) is 15.6 Å². The molecule has 4 rings (SSSR count). The van der Waals surface area contributed by atoms with E-state index in [1.807, 2.05) is 66.4 Å². The fourth-order valence-corrected chi connectivity index (χ4v) is 3.79. The molecular formula is C21H20N4O2S. The molecule has 1 aliphatic heterocycles. The zero-order valence-electron chi connectivity index (χ0n) is 15.5. The second kappa shape index (κ2) is 7.44. The van der Waals surface area contributed by atoms with Crippen LogP contribution in [-0.2, 0) is 4.79 Å². The van der Waals surface area contributed by atoms with E-state index in [1.165, 1.54) is 6.92 Å². The third kappa shape index (κ3) is 3.48. The number of anilines is 2. The number of thiocarbonyl (C=S) groups is 1. The fourth-order valence-electron chi connectivity index (χ4n) is 3.44. The minimum absolute atomic E-state index is 0.106. The largest absolute Gasteiger partial charge is 0.464 e. The maximum Gasteiger partial charge on any atom is 0.221 e. The van der Waals surface area contributed by atoms with Crippen molar-refractivity contribution in [2.45, 2.75) is 25.9 Å². The first-order chi connectivity index (χ1) is 13.5. The van der Waals surface area contributed by atoms with Crippen molar-refractivity contribution >= 4 is 34.6 Å². The summed E-state index contributed by atoms with van der Waals surface area (Å²) in [6.07, 6.45) is 1.77. The van der Waals surface area contributed by atoms with Gasteiger partial charge < -0.3 is 20.0 Å². The number of pyridine rings is 1. The Morgan fingerprint density at radius 3 is 2.57 bits per heavy atom. The second-order valence-corrected chi connectivity index (χ2v) is 7.06. The van der Waals surface area contributed by atoms with E-state index in [9.17, 15) is 4.79 Å². The monoisotopic (exact) mass is 392 g/mol. The minimum Gasteiger partial charge on any atom is -0.464 e. The molecule has 7 heteroatoms. The molecule has 0 spiro atoms. The molecule has 28 heavy (non-hydrogen) atoms. The van der Waals surface area contributed by atoms with Crippen LogP contribution in [0.5, 0.6) is 0 Å². The standard InChI is InChI=1S/C21H20N4O2S/c1-13-6-11-18(27-13)20-19(17-5-3-4-12-22-17)24-21(28)25(20)16-9-7-15(8-10-16)23-14(2)26/h3-12,19-20H,1-2H3,(H,23,26)(H,24,28)/t19-,20+/m1/s1. The Morgan fingerprint density at radius 2 is 1.96 bits per heavy atom. The number of nitrogens with one attached hydrogen (secondary N) is 2. The smallest absolute Gasteiger partial charge is 0.221 e. The highest BCUT2D eigenvalue weighted by Gasteiger charge is 2.42. The molecule has 1 fully saturated rings. The van der Waals surface area contributed by atoms with Crippen molar-refractivity contribution in [3.8, 4) is 0 Å². The minimum atomic E-state index is -0.178. The van der Waals surface area contributed by atoms with Crippen LogP contribution in [0.3, 0.4) is 0 Å². The molecule has 1 saturated heterocycles. The zero-order valence-corrected chi connectivity index (χ0v) is 16.4. The van der Waals surface area contributed by atoms with Gasteiger partial charge in [-0.05, 0) is 67.7 Å². The average molecular weight is 392 g/mol. The SMILES string of the molecule is CC(=O)Nc1ccc(N2C(=S)N[C@H](c3ccccn3)[C@@H]2c2ccc(C)o2)cc1. The van der Waals surface area contributed by atoms with Gasteiger partial charge in [-0.25, -0.2) is 0 Å². The van der Waals surface area contributed by atoms with E-state index in [-0.39, 0.29) is 18.0 Å². The molecule has 1 amide bonds. The van der Waals surface area contributed by atoms with E-state index in [4.69, 9.17) is 16.6 Å². The number of furan rings is 1. The van der Waals surface area contributed by atoms with Gasteiger partial charge in [0.1, 0.15) is 17.6 Å². The van der Waals surface area contributed by atoms with Gasteiger partial charge in [0.25, 0.3) is 0 Å². The van der Waals surface area contributed by atoms with Gasteiger partial charge in [-0.1, -0.05) is 6.07 Å². The quantitative estimate of drug-likeness (QED) is 0.651. The van der Waals surface area contributed by atoms with Gasteiger partial charge in [-0.3, -0.25) is 9.78 Å². The predicted molar refractivity (Wildman–Crippen MR) is 112 cm³/mol. The van der Waals surface area contributed by atoms with Crippen molar-refractivity contribution in [2.24, 2.45) is 0 Å². The number of rotatable bonds is 4. The van der Waals surface area contributed by atoms with Crippen LogP contribution < -0.4 is 15.5 Å². The molecule has 2 aromatic heterocycles. The third-order valence-electron chi connectivity index (χ3n) is 4.62. The van der Waals surface area contributed by atoms with Gasteiger partial charge in [-0.2, -0.15) is 0 Å². The van der Waals surface area contributed by atoms with E-state index >= 15 is 0 Å². The molecule has 142 valence electrons. The van der Waals surface area contributed by atoms with E-state index in [0.717, 1.165) is 28.6 Å². The van der Waals surface area contributed by atoms with Crippen LogP contribution >= 0.6 is 12.2 Å². The van der Waals surface area contributed by atoms with Gasteiger partial charge >= 0.3 is 0 Å². The van der Waals surface area contributed by atoms with Crippen LogP contribution in [0, 0.1) is 6.92 Å². The summed E-state index contributed by atoms with van der Waals surface area (Å²) in [4.78, 5) is 17.8. The van der Waals surface area contributed by atoms with Crippen LogP contribution in [0.25, 0.3) is 0 Å². The number of carbonyl (C=O) groups is 1. The Balaban J connectivity index is 1.74. The normalized spacial score (nSPS) is 18.8. The lowest BCUT2D eigenvalue weighted by Gasteiger charge is -2.26. The molecule has 6 nitrogen and oxygen atoms in total. The van der Waals surface area contributed by atoms with Gasteiger partial charge in [0, 0.05) is 24.5 Å². The van der Waals surface area contributed by atoms with Gasteiger partial charge in [0.2, 0.25) is 5.91 Å². The Bertz CT molecular complexity index is 1000. The predicted octanol–water partition coefficient (Wildman–Crippen LogP) is 4.12. The molecule has 0 unspecified atom stereocenters. The lowest BCUT2D eigenvalue weighted by atomic mass is 10.0. The lowest BCUT2D eigenvalue weighted by molar-refractivity contribution is -0.114. The summed E-state index contributed by atoms with van der Waals surface area (Å²) in [6.45, 7) is 3.41. The number of nitrogens with zero attached hydrogens (tertiary/aromatic N) is 2. The van der Waals surface area contributed by atoms with Gasteiger partial charge in [0.05, 0.1) is 11.7 Å². The second-order valence-electron chi connectivity index (χ2n) is 6.67. The Hall–Kier alpha value is -3.19. The van der Waals surface area contributed by atoms with Crippen molar-refractivity contribution in [3.05, 3.63) is 78.0 Å². The number of benzene rings is 1. The zero-order chi connectivity index (χ0) is 19.7. The maximum atomic E-state index is 11.3. The molecule has 0 saturated carbocycles. The molecule has 1 aromatic carbocycles. The van der Waals surface area contributed by atoms with Crippen molar-refractivity contribution < 1.29 is 9.21 Å². The Kier molecular flexibility index (Phi) is 4.83. The molecule has 0 bridgehead atoms. The van der Waals surface area contributed by atoms with Gasteiger partial charge in [0.15, 0.2) is 5.11 Å². The first-order valence-electron chi connectivity index (χ1n) is 8.97. The van der Waals surface area contributed by atoms with Crippen LogP contribution in [-0.4, -0.2) is 16.0 Å². The van der Waals surface area contributed by atoms with Gasteiger partial charge in [-0.15, -0.1) is 0 Å². The van der Waals surface area contributed by atoms with Crippen LogP contribution in [0.2, 0.25) is 0 Å². The molecule has 2 atom stereocenters. The summed E-state index contributed by atoms with van der Waals surface area (Å²) in [6, 6.07) is 17.0. The highest BCUT2D eigenvalue weighted by Crippen LogP contribution is 2.42. The molecule has 3 heterocycles. The summed E-state index contributed by atoms with van der Waals surface area (Å²) < 4.78 is 5.97. The van der Waals surface area contributed by atoms with Crippen molar-refractivity contribution in [1.82, 2.24) is 10.3 Å². The summed E-state index contributed by atoms with van der Waals surface area (Å²) in [7, 11) is 0. The van der Waals surface area contributed by atoms with Crippen LogP contribution in [0.4, 0.5) is 11.4 Å². The van der Waals surface area contributed by atoms with E-state index < -0.39 is 0 Å². The number of hydrogen-bond acceptors (Lipinski definition) is 4. The first-order valence-corrected chi connectivity index (χ1v) is 9.38. The molecule has 3 aromatic rings. The van der Waals surface area contributed by atoms with E-state index in [1.54, 1.807) is 6.20 Å². The number of aromatic nitrogens is 1. The summed E-state index contributed by atoms with van der Waals surface area (Å²) >= 11 is 5.66. The number of hydrogen-bond donors (Lipinski definition) is 2. The highest BCUT2D eigenvalue weighted by atomic mass is 32.1.